The Labute approximate surface area is 94.5 Å². The van der Waals surface area contributed by atoms with E-state index >= 15 is 0 Å². The third-order valence-corrected chi connectivity index (χ3v) is 2.86. The minimum Gasteiger partial charge on any atom is -0.394 e. The zero-order valence-electron chi connectivity index (χ0n) is 9.80. The molecule has 0 aromatic heterocycles. The molecule has 1 rings (SSSR count). The molecule has 0 radical (unpaired) electrons. The summed E-state index contributed by atoms with van der Waals surface area (Å²) >= 11 is 0. The molecule has 0 aliphatic rings. The van der Waals surface area contributed by atoms with Crippen LogP contribution in [0.15, 0.2) is 18.2 Å². The van der Waals surface area contributed by atoms with Crippen LogP contribution in [0.5, 0.6) is 0 Å². The quantitative estimate of drug-likeness (QED) is 0.855. The largest absolute Gasteiger partial charge is 0.394 e. The van der Waals surface area contributed by atoms with Crippen LogP contribution < -0.4 is 0 Å². The Morgan fingerprint density at radius 2 is 1.94 bits per heavy atom. The minimum atomic E-state index is -0.840. The van der Waals surface area contributed by atoms with Gasteiger partial charge in [-0.15, -0.1) is 0 Å². The zero-order valence-corrected chi connectivity index (χ0v) is 9.80. The molecule has 1 aromatic carbocycles. The summed E-state index contributed by atoms with van der Waals surface area (Å²) in [4.78, 5) is 1.78. The lowest BCUT2D eigenvalue weighted by atomic mass is 10.0. The van der Waals surface area contributed by atoms with E-state index in [-0.39, 0.29) is 13.2 Å². The lowest BCUT2D eigenvalue weighted by molar-refractivity contribution is 0.0724. The van der Waals surface area contributed by atoms with Gasteiger partial charge in [-0.05, 0) is 27.0 Å². The van der Waals surface area contributed by atoms with Crippen LogP contribution >= 0.6 is 0 Å². The van der Waals surface area contributed by atoms with E-state index in [1.54, 1.807) is 18.0 Å². The number of aliphatic hydroxyl groups excluding tert-OH is 1. The Morgan fingerprint density at radius 3 is 2.50 bits per heavy atom. The van der Waals surface area contributed by atoms with Gasteiger partial charge in [0.25, 0.3) is 0 Å². The minimum absolute atomic E-state index is 0.0412. The predicted octanol–water partition coefficient (Wildman–Crippen LogP) is 2.17. The van der Waals surface area contributed by atoms with E-state index < -0.39 is 17.2 Å². The van der Waals surface area contributed by atoms with E-state index in [1.165, 1.54) is 6.07 Å². The SMILES string of the molecule is CN(Cc1cccc(F)c1F)C(C)(C)CO. The van der Waals surface area contributed by atoms with E-state index in [4.69, 9.17) is 5.11 Å². The van der Waals surface area contributed by atoms with Crippen molar-refractivity contribution in [1.29, 1.82) is 0 Å². The molecule has 4 heteroatoms. The van der Waals surface area contributed by atoms with Crippen molar-refractivity contribution >= 4 is 0 Å². The van der Waals surface area contributed by atoms with Gasteiger partial charge in [-0.1, -0.05) is 12.1 Å². The van der Waals surface area contributed by atoms with Crippen molar-refractivity contribution < 1.29 is 13.9 Å². The van der Waals surface area contributed by atoms with E-state index in [1.807, 2.05) is 13.8 Å². The molecule has 0 saturated heterocycles. The van der Waals surface area contributed by atoms with Crippen molar-refractivity contribution in [2.24, 2.45) is 0 Å². The molecule has 0 unspecified atom stereocenters. The number of rotatable bonds is 4. The van der Waals surface area contributed by atoms with E-state index in [0.29, 0.717) is 5.56 Å². The fraction of sp³-hybridized carbons (Fsp3) is 0.500. The summed E-state index contributed by atoms with van der Waals surface area (Å²) in [6.45, 7) is 3.89. The van der Waals surface area contributed by atoms with Crippen molar-refractivity contribution in [3.63, 3.8) is 0 Å². The van der Waals surface area contributed by atoms with Crippen LogP contribution in [-0.2, 0) is 6.54 Å². The highest BCUT2D eigenvalue weighted by molar-refractivity contribution is 5.19. The number of nitrogens with zero attached hydrogens (tertiary/aromatic N) is 1. The van der Waals surface area contributed by atoms with Gasteiger partial charge in [-0.3, -0.25) is 4.90 Å². The molecule has 0 amide bonds. The number of benzene rings is 1. The second-order valence-corrected chi connectivity index (χ2v) is 4.54. The van der Waals surface area contributed by atoms with Crippen molar-refractivity contribution in [3.8, 4) is 0 Å². The first-order valence-corrected chi connectivity index (χ1v) is 5.13. The molecule has 0 aliphatic heterocycles. The molecular weight excluding hydrogens is 212 g/mol. The van der Waals surface area contributed by atoms with Crippen molar-refractivity contribution in [3.05, 3.63) is 35.4 Å². The van der Waals surface area contributed by atoms with Gasteiger partial charge in [0.2, 0.25) is 0 Å². The van der Waals surface area contributed by atoms with Gasteiger partial charge in [-0.2, -0.15) is 0 Å². The maximum atomic E-state index is 13.4. The lowest BCUT2D eigenvalue weighted by Crippen LogP contribution is -2.43. The Balaban J connectivity index is 2.85. The highest BCUT2D eigenvalue weighted by Gasteiger charge is 2.23. The Morgan fingerprint density at radius 1 is 1.31 bits per heavy atom. The number of likely N-dealkylation sites (N-methyl/N-ethyl adjacent to an activating group) is 1. The summed E-state index contributed by atoms with van der Waals surface area (Å²) in [6.07, 6.45) is 0. The number of hydrogen-bond acceptors (Lipinski definition) is 2. The first-order chi connectivity index (χ1) is 7.38. The van der Waals surface area contributed by atoms with Gasteiger partial charge in [0.1, 0.15) is 0 Å². The lowest BCUT2D eigenvalue weighted by Gasteiger charge is -2.33. The van der Waals surface area contributed by atoms with E-state index in [0.717, 1.165) is 6.07 Å². The molecule has 1 aromatic rings. The van der Waals surface area contributed by atoms with Crippen LogP contribution in [0.1, 0.15) is 19.4 Å². The summed E-state index contributed by atoms with van der Waals surface area (Å²) in [6, 6.07) is 4.12. The Bertz CT molecular complexity index is 366. The van der Waals surface area contributed by atoms with Gasteiger partial charge in [-0.25, -0.2) is 8.78 Å². The molecule has 0 aliphatic carbocycles. The highest BCUT2D eigenvalue weighted by Crippen LogP contribution is 2.18. The molecule has 90 valence electrons. The van der Waals surface area contributed by atoms with Gasteiger partial charge in [0.15, 0.2) is 11.6 Å². The molecule has 0 fully saturated rings. The molecule has 2 nitrogen and oxygen atoms in total. The predicted molar refractivity (Wildman–Crippen MR) is 59.0 cm³/mol. The number of halogens is 2. The molecule has 16 heavy (non-hydrogen) atoms. The highest BCUT2D eigenvalue weighted by atomic mass is 19.2. The second kappa shape index (κ2) is 4.89. The fourth-order valence-corrected chi connectivity index (χ4v) is 1.26. The topological polar surface area (TPSA) is 23.5 Å². The Hall–Kier alpha value is -1.00. The standard InChI is InChI=1S/C12H17F2NO/c1-12(2,8-16)15(3)7-9-5-4-6-10(13)11(9)14/h4-6,16H,7-8H2,1-3H3. The first kappa shape index (κ1) is 13.1. The van der Waals surface area contributed by atoms with E-state index in [2.05, 4.69) is 0 Å². The third-order valence-electron chi connectivity index (χ3n) is 2.86. The summed E-state index contributed by atoms with van der Waals surface area (Å²) in [5, 5.41) is 9.16. The number of aliphatic hydroxyl groups is 1. The molecule has 0 bridgehead atoms. The second-order valence-electron chi connectivity index (χ2n) is 4.54. The summed E-state index contributed by atoms with van der Waals surface area (Å²) in [5.41, 5.74) is -0.164. The van der Waals surface area contributed by atoms with Gasteiger partial charge in [0.05, 0.1) is 6.61 Å². The van der Waals surface area contributed by atoms with Crippen LogP contribution in [0.2, 0.25) is 0 Å². The summed E-state index contributed by atoms with van der Waals surface area (Å²) < 4.78 is 26.4. The molecule has 0 heterocycles. The maximum Gasteiger partial charge on any atom is 0.163 e. The average Bonchev–Trinajstić information content (AvgIpc) is 2.24. The van der Waals surface area contributed by atoms with Crippen LogP contribution in [0.25, 0.3) is 0 Å². The molecule has 0 spiro atoms. The van der Waals surface area contributed by atoms with Crippen molar-refractivity contribution in [2.75, 3.05) is 13.7 Å². The first-order valence-electron chi connectivity index (χ1n) is 5.13. The van der Waals surface area contributed by atoms with Crippen LogP contribution in [0.3, 0.4) is 0 Å². The van der Waals surface area contributed by atoms with Gasteiger partial charge >= 0.3 is 0 Å². The molecule has 0 atom stereocenters. The Kier molecular flexibility index (Phi) is 3.99. The molecule has 1 N–H and O–H groups in total. The van der Waals surface area contributed by atoms with Crippen LogP contribution in [0.4, 0.5) is 8.78 Å². The van der Waals surface area contributed by atoms with Gasteiger partial charge < -0.3 is 5.11 Å². The molecule has 0 saturated carbocycles. The third kappa shape index (κ3) is 2.77. The van der Waals surface area contributed by atoms with E-state index in [9.17, 15) is 8.78 Å². The van der Waals surface area contributed by atoms with Crippen molar-refractivity contribution in [1.82, 2.24) is 4.90 Å². The molecular formula is C12H17F2NO. The monoisotopic (exact) mass is 229 g/mol. The normalized spacial score (nSPS) is 12.2. The number of hydrogen-bond donors (Lipinski definition) is 1. The van der Waals surface area contributed by atoms with Gasteiger partial charge in [0, 0.05) is 17.6 Å². The van der Waals surface area contributed by atoms with Crippen molar-refractivity contribution in [2.45, 2.75) is 25.9 Å². The van der Waals surface area contributed by atoms with Crippen LogP contribution in [-0.4, -0.2) is 29.2 Å². The zero-order chi connectivity index (χ0) is 12.3. The van der Waals surface area contributed by atoms with Crippen LogP contribution in [0, 0.1) is 11.6 Å². The maximum absolute atomic E-state index is 13.4. The smallest absolute Gasteiger partial charge is 0.163 e. The average molecular weight is 229 g/mol. The summed E-state index contributed by atoms with van der Waals surface area (Å²) in [5.74, 6) is -1.66. The fourth-order valence-electron chi connectivity index (χ4n) is 1.26. The summed E-state index contributed by atoms with van der Waals surface area (Å²) in [7, 11) is 1.76.